The predicted octanol–water partition coefficient (Wildman–Crippen LogP) is 5.56. The molecule has 0 radical (unpaired) electrons. The number of phenolic OH excluding ortho intramolecular Hbond substituents is 1. The second-order valence-corrected chi connectivity index (χ2v) is 23.2. The Hall–Kier alpha value is -7.89. The van der Waals surface area contributed by atoms with E-state index in [9.17, 15) is 49.2 Å². The van der Waals surface area contributed by atoms with E-state index in [1.807, 2.05) is 0 Å². The van der Waals surface area contributed by atoms with E-state index >= 15 is 14.0 Å². The van der Waals surface area contributed by atoms with E-state index in [0.29, 0.717) is 13.0 Å². The number of carbonyl (C=O) groups is 7. The van der Waals surface area contributed by atoms with Gasteiger partial charge in [0.25, 0.3) is 11.7 Å². The third-order valence-electron chi connectivity index (χ3n) is 17.5. The van der Waals surface area contributed by atoms with Crippen LogP contribution in [-0.2, 0) is 28.6 Å². The average molecular weight is 1170 g/mol. The summed E-state index contributed by atoms with van der Waals surface area (Å²) < 4.78 is 47.4. The first-order chi connectivity index (χ1) is 39.7. The van der Waals surface area contributed by atoms with Crippen molar-refractivity contribution < 1.29 is 82.1 Å². The normalized spacial score (nSPS) is 28.1. The summed E-state index contributed by atoms with van der Waals surface area (Å²) in [6, 6.07) is 0.468. The van der Waals surface area contributed by atoms with Gasteiger partial charge in [-0.3, -0.25) is 33.6 Å². The molecule has 0 spiro atoms. The largest absolute Gasteiger partial charge is 0.507 e. The fourth-order valence-electron chi connectivity index (χ4n) is 12.5. The number of aromatic hydroxyl groups is 1. The van der Waals surface area contributed by atoms with Crippen LogP contribution in [0.15, 0.2) is 64.6 Å². The molecule has 1 saturated carbocycles. The molecule has 2 saturated heterocycles. The lowest BCUT2D eigenvalue weighted by molar-refractivity contribution is -0.160. The van der Waals surface area contributed by atoms with Crippen LogP contribution in [0.2, 0.25) is 0 Å². The van der Waals surface area contributed by atoms with Gasteiger partial charge in [-0.15, -0.1) is 0 Å². The SMILES string of the molecule is COc1c(N2CCC(NC(=O)C3CCN(C4=C5NC(=O)C(C)=CC=C[C@H](C)[C@H](O)[C@@H](C)[C@@H](O)[C@@H](C)[C@H](OC(C)=O)[C@H](C)[C@@H](OC)C=CO[C@@]6(C)Oc7c(C)c(O)c(c(c7C6=O)C4=O)C5=O)CC3)C2)c(F)cc2c(=O)c(C(=O)O)cn(C3CC3)c12. The lowest BCUT2D eigenvalue weighted by Gasteiger charge is -2.38. The number of fused-ring (bicyclic) bond motifs is 15. The number of pyridine rings is 1. The van der Waals surface area contributed by atoms with Gasteiger partial charge in [0.15, 0.2) is 11.6 Å². The first-order valence-electron chi connectivity index (χ1n) is 28.3. The second-order valence-electron chi connectivity index (χ2n) is 23.2. The van der Waals surface area contributed by atoms with Crippen LogP contribution in [0.25, 0.3) is 10.9 Å². The Kier molecular flexibility index (Phi) is 17.1. The number of likely N-dealkylation sites (tertiary alicyclic amines) is 1. The molecule has 6 heterocycles. The molecule has 3 fully saturated rings. The summed E-state index contributed by atoms with van der Waals surface area (Å²) in [6.45, 7) is 12.6. The van der Waals surface area contributed by atoms with Crippen molar-refractivity contribution in [3.63, 3.8) is 0 Å². The number of benzene rings is 2. The van der Waals surface area contributed by atoms with Crippen LogP contribution in [0.3, 0.4) is 0 Å². The summed E-state index contributed by atoms with van der Waals surface area (Å²) in [4.78, 5) is 115. The molecule has 84 heavy (non-hydrogen) atoms. The molecule has 1 aromatic heterocycles. The van der Waals surface area contributed by atoms with Gasteiger partial charge in [-0.05, 0) is 58.1 Å². The number of piperidine rings is 1. The number of aromatic carboxylic acids is 1. The van der Waals surface area contributed by atoms with Crippen molar-refractivity contribution in [1.29, 1.82) is 0 Å². The van der Waals surface area contributed by atoms with Crippen molar-refractivity contribution in [2.45, 2.75) is 130 Å². The average Bonchev–Trinajstić information content (AvgIpc) is 1.44. The fraction of sp³-hybridized carbons (Fsp3) is 0.508. The molecule has 2 aromatic carbocycles. The molecule has 10 atom stereocenters. The maximum Gasteiger partial charge on any atom is 0.341 e. The number of phenols is 1. The highest BCUT2D eigenvalue weighted by molar-refractivity contribution is 6.32. The third kappa shape index (κ3) is 11.0. The van der Waals surface area contributed by atoms with Gasteiger partial charge in [0.1, 0.15) is 40.2 Å². The number of nitrogens with zero attached hydrogens (tertiary/aromatic N) is 3. The Balaban J connectivity index is 1.01. The number of carboxylic acid groups (broad SMARTS) is 1. The summed E-state index contributed by atoms with van der Waals surface area (Å²) in [7, 11) is 2.75. The highest BCUT2D eigenvalue weighted by Gasteiger charge is 2.53. The first-order valence-corrected chi connectivity index (χ1v) is 28.3. The number of carbonyl (C=O) groups excluding carboxylic acids is 6. The minimum absolute atomic E-state index is 0.000893. The number of Topliss-reactive ketones (excluding diaryl/α,β-unsaturated/α-hetero) is 3. The summed E-state index contributed by atoms with van der Waals surface area (Å²) >= 11 is 0. The van der Waals surface area contributed by atoms with E-state index in [1.165, 1.54) is 66.3 Å². The number of aliphatic hydroxyl groups is 2. The van der Waals surface area contributed by atoms with Gasteiger partial charge in [-0.25, -0.2) is 9.18 Å². The molecule has 10 rings (SSSR count). The number of nitrogens with one attached hydrogen (secondary N) is 2. The van der Waals surface area contributed by atoms with Crippen molar-refractivity contribution >= 4 is 57.7 Å². The lowest BCUT2D eigenvalue weighted by atomic mass is 9.78. The van der Waals surface area contributed by atoms with Crippen LogP contribution in [0.4, 0.5) is 10.1 Å². The number of aliphatic hydroxyl groups excluding tert-OH is 2. The molecule has 6 N–H and O–H groups in total. The minimum atomic E-state index is -2.19. The Morgan fingerprint density at radius 1 is 0.869 bits per heavy atom. The Morgan fingerprint density at radius 2 is 1.55 bits per heavy atom. The van der Waals surface area contributed by atoms with Crippen molar-refractivity contribution in [1.82, 2.24) is 20.1 Å². The second kappa shape index (κ2) is 23.6. The first kappa shape index (κ1) is 60.7. The van der Waals surface area contributed by atoms with E-state index in [0.717, 1.165) is 25.2 Å². The van der Waals surface area contributed by atoms with E-state index in [4.69, 9.17) is 23.7 Å². The van der Waals surface area contributed by atoms with E-state index in [-0.39, 0.29) is 94.9 Å². The molecular weight excluding hydrogens is 1090 g/mol. The van der Waals surface area contributed by atoms with E-state index in [2.05, 4.69) is 10.6 Å². The number of carboxylic acids is 1. The Bertz CT molecular complexity index is 3450. The maximum absolute atomic E-state index is 16.2. The number of methoxy groups -OCH3 is 2. The molecule has 2 amide bonds. The van der Waals surface area contributed by atoms with Gasteiger partial charge in [0.05, 0.1) is 59.3 Å². The molecule has 5 aliphatic heterocycles. The van der Waals surface area contributed by atoms with Gasteiger partial charge >= 0.3 is 17.7 Å². The number of hydrogen-bond acceptors (Lipinski definition) is 18. The van der Waals surface area contributed by atoms with Crippen molar-refractivity contribution in [2.24, 2.45) is 29.6 Å². The number of amides is 2. The van der Waals surface area contributed by atoms with Crippen molar-refractivity contribution in [3.8, 4) is 17.2 Å². The molecule has 23 heteroatoms. The Labute approximate surface area is 483 Å². The number of ether oxygens (including phenoxy) is 5. The van der Waals surface area contributed by atoms with Gasteiger partial charge in [-0.2, -0.15) is 0 Å². The summed E-state index contributed by atoms with van der Waals surface area (Å²) in [6.07, 6.45) is 6.42. The standard InChI is InChI=1S/C61H72FN5O17/c1-27-12-11-13-28(2)58(76)64-44-47(65-20-16-34(17-21-65)59(77)63-35-18-22-66(25-35)46-39(62)24-37-45(56(46)81-10)67(36-14-15-36)26-38(51(37)72)60(78)79)53(74)41-42(52(44)73)50(71)32(6)55-43(41)57(75)61(8,84-55)82-23-19-40(80-9)29(3)54(83-33(7)68)31(5)49(70)30(4)48(27)69/h11-13,19,23-24,26-27,29-31,34-36,40,48-49,54,69-71H,14-18,20-22,25H2,1-10H3,(H,63,77)(H,64,76)(H,78,79)/t27-,29+,30+,31+,35?,40-,48-,49+,54+,61-/m0/s1. The highest BCUT2D eigenvalue weighted by Crippen LogP contribution is 2.50. The molecule has 3 aromatic rings. The van der Waals surface area contributed by atoms with Crippen LogP contribution in [0.5, 0.6) is 17.2 Å². The predicted molar refractivity (Wildman–Crippen MR) is 301 cm³/mol. The number of ketones is 3. The number of anilines is 1. The summed E-state index contributed by atoms with van der Waals surface area (Å²) in [5, 5.41) is 50.4. The van der Waals surface area contributed by atoms with Crippen LogP contribution in [0.1, 0.15) is 134 Å². The number of halogens is 1. The molecule has 5 bridgehead atoms. The number of rotatable bonds is 9. The summed E-state index contributed by atoms with van der Waals surface area (Å²) in [5.41, 5.74) is -3.15. The van der Waals surface area contributed by atoms with Crippen LogP contribution < -0.4 is 30.4 Å². The lowest BCUT2D eigenvalue weighted by Crippen LogP contribution is -2.47. The zero-order valence-electron chi connectivity index (χ0n) is 48.6. The van der Waals surface area contributed by atoms with Gasteiger partial charge in [-0.1, -0.05) is 45.9 Å². The van der Waals surface area contributed by atoms with Gasteiger partial charge in [0, 0.05) is 106 Å². The minimum Gasteiger partial charge on any atom is -0.507 e. The van der Waals surface area contributed by atoms with Gasteiger partial charge in [0.2, 0.25) is 22.9 Å². The van der Waals surface area contributed by atoms with Crippen molar-refractivity contribution in [3.05, 3.63) is 104 Å². The Morgan fingerprint density at radius 3 is 2.18 bits per heavy atom. The smallest absolute Gasteiger partial charge is 0.341 e. The number of aromatic nitrogens is 1. The molecule has 1 unspecified atom stereocenters. The maximum atomic E-state index is 16.2. The number of allylic oxidation sites excluding steroid dienone is 4. The highest BCUT2D eigenvalue weighted by atomic mass is 19.1. The molecule has 2 aliphatic carbocycles. The van der Waals surface area contributed by atoms with E-state index < -0.39 is 140 Å². The third-order valence-corrected chi connectivity index (χ3v) is 17.5. The summed E-state index contributed by atoms with van der Waals surface area (Å²) in [5.74, 6) is -13.2. The van der Waals surface area contributed by atoms with Crippen LogP contribution >= 0.6 is 0 Å². The zero-order valence-corrected chi connectivity index (χ0v) is 48.6. The topological polar surface area (TPSA) is 299 Å². The fourth-order valence-corrected chi connectivity index (χ4v) is 12.5. The monoisotopic (exact) mass is 1170 g/mol. The molecule has 22 nitrogen and oxygen atoms in total. The zero-order chi connectivity index (χ0) is 61.1. The molecule has 450 valence electrons. The van der Waals surface area contributed by atoms with Crippen LogP contribution in [-0.4, -0.2) is 148 Å². The number of esters is 1. The molecular formula is C61H72FN5O17. The molecule has 7 aliphatic rings. The van der Waals surface area contributed by atoms with Gasteiger partial charge < -0.3 is 69.1 Å². The van der Waals surface area contributed by atoms with E-state index in [1.54, 1.807) is 48.1 Å². The van der Waals surface area contributed by atoms with Crippen LogP contribution in [0, 0.1) is 42.3 Å². The number of hydrogen-bond donors (Lipinski definition) is 6. The quantitative estimate of drug-likeness (QED) is 0.143. The van der Waals surface area contributed by atoms with Crippen molar-refractivity contribution in [2.75, 3.05) is 45.3 Å².